The zero-order valence-corrected chi connectivity index (χ0v) is 13.9. The maximum absolute atomic E-state index is 12.5. The predicted molar refractivity (Wildman–Crippen MR) is 86.3 cm³/mol. The molecule has 0 bridgehead atoms. The van der Waals surface area contributed by atoms with Crippen molar-refractivity contribution in [3.05, 3.63) is 35.9 Å². The van der Waals surface area contributed by atoms with Crippen LogP contribution >= 0.6 is 0 Å². The summed E-state index contributed by atoms with van der Waals surface area (Å²) < 4.78 is 16.1. The number of rotatable bonds is 6. The Labute approximate surface area is 141 Å². The van der Waals surface area contributed by atoms with Crippen molar-refractivity contribution in [2.45, 2.75) is 44.4 Å². The lowest BCUT2D eigenvalue weighted by Gasteiger charge is -2.23. The average Bonchev–Trinajstić information content (AvgIpc) is 3.15. The van der Waals surface area contributed by atoms with E-state index in [0.29, 0.717) is 32.5 Å². The minimum Gasteiger partial charge on any atom is -0.447 e. The summed E-state index contributed by atoms with van der Waals surface area (Å²) in [6.07, 6.45) is 1.59. The Morgan fingerprint density at radius 3 is 2.67 bits per heavy atom. The summed E-state index contributed by atoms with van der Waals surface area (Å²) in [5.41, 5.74) is 1.08. The van der Waals surface area contributed by atoms with E-state index < -0.39 is 11.9 Å². The van der Waals surface area contributed by atoms with Crippen molar-refractivity contribution < 1.29 is 23.8 Å². The van der Waals surface area contributed by atoms with E-state index in [9.17, 15) is 9.59 Å². The second-order valence-corrected chi connectivity index (χ2v) is 6.37. The summed E-state index contributed by atoms with van der Waals surface area (Å²) >= 11 is 0. The highest BCUT2D eigenvalue weighted by Crippen LogP contribution is 2.26. The fraction of sp³-hybridized carbons (Fsp3) is 0.556. The van der Waals surface area contributed by atoms with Gasteiger partial charge in [0.05, 0.1) is 19.3 Å². The monoisotopic (exact) mass is 333 g/mol. The molecule has 2 aliphatic rings. The highest BCUT2D eigenvalue weighted by Gasteiger charge is 2.38. The number of cyclic esters (lactones) is 1. The van der Waals surface area contributed by atoms with Gasteiger partial charge >= 0.3 is 6.09 Å². The highest BCUT2D eigenvalue weighted by atomic mass is 16.7. The van der Waals surface area contributed by atoms with Crippen LogP contribution in [0.25, 0.3) is 0 Å². The Morgan fingerprint density at radius 1 is 1.25 bits per heavy atom. The van der Waals surface area contributed by atoms with Crippen LogP contribution in [0, 0.1) is 0 Å². The molecule has 0 spiro atoms. The summed E-state index contributed by atoms with van der Waals surface area (Å²) in [7, 11) is 0. The van der Waals surface area contributed by atoms with Crippen molar-refractivity contribution in [3.8, 4) is 0 Å². The highest BCUT2D eigenvalue weighted by molar-refractivity contribution is 5.93. The molecule has 1 unspecified atom stereocenters. The molecule has 2 fully saturated rings. The topological polar surface area (TPSA) is 65.1 Å². The van der Waals surface area contributed by atoms with E-state index in [1.165, 1.54) is 4.90 Å². The van der Waals surface area contributed by atoms with Crippen LogP contribution < -0.4 is 0 Å². The standard InChI is InChI=1S/C18H23NO5/c1-18(23-10-11-24-18)9-5-8-16(20)19-15(13-22-17(19)21)12-14-6-3-2-4-7-14/h2-4,6-7,15H,5,8-13H2,1H3. The van der Waals surface area contributed by atoms with Crippen LogP contribution in [0.3, 0.4) is 0 Å². The van der Waals surface area contributed by atoms with Crippen LogP contribution in [0.4, 0.5) is 4.79 Å². The van der Waals surface area contributed by atoms with E-state index in [0.717, 1.165) is 5.56 Å². The number of amides is 2. The van der Waals surface area contributed by atoms with E-state index in [2.05, 4.69) is 0 Å². The molecule has 0 aromatic heterocycles. The number of benzene rings is 1. The number of carbonyl (C=O) groups is 2. The fourth-order valence-corrected chi connectivity index (χ4v) is 3.18. The summed E-state index contributed by atoms with van der Waals surface area (Å²) in [5.74, 6) is -0.796. The zero-order chi connectivity index (χ0) is 17.0. The van der Waals surface area contributed by atoms with Gasteiger partial charge in [0.15, 0.2) is 5.79 Å². The molecule has 2 saturated heterocycles. The number of hydrogen-bond acceptors (Lipinski definition) is 5. The molecular formula is C18H23NO5. The third kappa shape index (κ3) is 3.94. The van der Waals surface area contributed by atoms with Crippen molar-refractivity contribution in [2.24, 2.45) is 0 Å². The van der Waals surface area contributed by atoms with Gasteiger partial charge in [0, 0.05) is 12.8 Å². The quantitative estimate of drug-likeness (QED) is 0.800. The summed E-state index contributed by atoms with van der Waals surface area (Å²) in [6.45, 7) is 3.31. The minimum absolute atomic E-state index is 0.194. The number of imide groups is 1. The molecule has 0 saturated carbocycles. The third-order valence-corrected chi connectivity index (χ3v) is 4.46. The average molecular weight is 333 g/mol. The first kappa shape index (κ1) is 16.9. The van der Waals surface area contributed by atoms with E-state index in [-0.39, 0.29) is 25.0 Å². The Hall–Kier alpha value is -1.92. The number of carbonyl (C=O) groups excluding carboxylic acids is 2. The second-order valence-electron chi connectivity index (χ2n) is 6.37. The van der Waals surface area contributed by atoms with Crippen LogP contribution in [0.15, 0.2) is 30.3 Å². The van der Waals surface area contributed by atoms with Crippen molar-refractivity contribution in [1.29, 1.82) is 0 Å². The van der Waals surface area contributed by atoms with Crippen LogP contribution in [-0.4, -0.2) is 48.5 Å². The van der Waals surface area contributed by atoms with Gasteiger partial charge in [-0.3, -0.25) is 4.79 Å². The van der Waals surface area contributed by atoms with Gasteiger partial charge in [-0.05, 0) is 25.3 Å². The summed E-state index contributed by atoms with van der Waals surface area (Å²) in [4.78, 5) is 25.7. The normalized spacial score (nSPS) is 22.6. The fourth-order valence-electron chi connectivity index (χ4n) is 3.18. The van der Waals surface area contributed by atoms with E-state index in [4.69, 9.17) is 14.2 Å². The molecule has 0 N–H and O–H groups in total. The molecule has 6 nitrogen and oxygen atoms in total. The SMILES string of the molecule is CC1(CCCC(=O)N2C(=O)OCC2Cc2ccccc2)OCCO1. The van der Waals surface area contributed by atoms with Gasteiger partial charge < -0.3 is 14.2 Å². The van der Waals surface area contributed by atoms with Gasteiger partial charge in [-0.2, -0.15) is 0 Å². The lowest BCUT2D eigenvalue weighted by atomic mass is 10.0. The zero-order valence-electron chi connectivity index (χ0n) is 13.9. The van der Waals surface area contributed by atoms with Crippen molar-refractivity contribution in [1.82, 2.24) is 4.90 Å². The number of ether oxygens (including phenoxy) is 3. The Morgan fingerprint density at radius 2 is 1.96 bits per heavy atom. The minimum atomic E-state index is -0.602. The number of nitrogens with zero attached hydrogens (tertiary/aromatic N) is 1. The van der Waals surface area contributed by atoms with Gasteiger partial charge in [0.2, 0.25) is 5.91 Å². The predicted octanol–water partition coefficient (Wildman–Crippen LogP) is 2.51. The number of hydrogen-bond donors (Lipinski definition) is 0. The molecule has 0 aliphatic carbocycles. The first-order valence-electron chi connectivity index (χ1n) is 8.38. The lowest BCUT2D eigenvalue weighted by molar-refractivity contribution is -0.149. The Balaban J connectivity index is 1.54. The van der Waals surface area contributed by atoms with Crippen molar-refractivity contribution >= 4 is 12.0 Å². The van der Waals surface area contributed by atoms with Crippen LogP contribution in [0.2, 0.25) is 0 Å². The van der Waals surface area contributed by atoms with E-state index in [1.807, 2.05) is 37.3 Å². The molecule has 1 atom stereocenters. The molecule has 130 valence electrons. The van der Waals surface area contributed by atoms with Crippen LogP contribution in [0.1, 0.15) is 31.7 Å². The van der Waals surface area contributed by atoms with Gasteiger partial charge in [0.25, 0.3) is 0 Å². The molecule has 6 heteroatoms. The summed E-state index contributed by atoms with van der Waals surface area (Å²) in [6, 6.07) is 9.57. The molecule has 1 aromatic rings. The van der Waals surface area contributed by atoms with Gasteiger partial charge in [-0.1, -0.05) is 30.3 Å². The third-order valence-electron chi connectivity index (χ3n) is 4.46. The van der Waals surface area contributed by atoms with Crippen molar-refractivity contribution in [2.75, 3.05) is 19.8 Å². The maximum Gasteiger partial charge on any atom is 0.416 e. The van der Waals surface area contributed by atoms with Gasteiger partial charge in [-0.25, -0.2) is 9.69 Å². The van der Waals surface area contributed by atoms with Crippen LogP contribution in [0.5, 0.6) is 0 Å². The summed E-state index contributed by atoms with van der Waals surface area (Å²) in [5, 5.41) is 0. The largest absolute Gasteiger partial charge is 0.447 e. The molecule has 1 aromatic carbocycles. The van der Waals surface area contributed by atoms with Gasteiger partial charge in [0.1, 0.15) is 6.61 Å². The smallest absolute Gasteiger partial charge is 0.416 e. The van der Waals surface area contributed by atoms with Crippen LogP contribution in [-0.2, 0) is 25.4 Å². The van der Waals surface area contributed by atoms with E-state index >= 15 is 0 Å². The molecule has 0 radical (unpaired) electrons. The van der Waals surface area contributed by atoms with E-state index in [1.54, 1.807) is 0 Å². The molecule has 24 heavy (non-hydrogen) atoms. The molecular weight excluding hydrogens is 310 g/mol. The molecule has 2 amide bonds. The van der Waals surface area contributed by atoms with Crippen molar-refractivity contribution in [3.63, 3.8) is 0 Å². The second kappa shape index (κ2) is 7.32. The maximum atomic E-state index is 12.5. The Kier molecular flexibility index (Phi) is 5.16. The molecule has 3 rings (SSSR count). The lowest BCUT2D eigenvalue weighted by Crippen LogP contribution is -2.40. The Bertz CT molecular complexity index is 582. The molecule has 2 aliphatic heterocycles. The molecule has 2 heterocycles. The first-order chi connectivity index (χ1) is 11.6. The first-order valence-corrected chi connectivity index (χ1v) is 8.38. The van der Waals surface area contributed by atoms with Gasteiger partial charge in [-0.15, -0.1) is 0 Å².